The summed E-state index contributed by atoms with van der Waals surface area (Å²) in [5.41, 5.74) is 0. The maximum absolute atomic E-state index is 11.7. The Morgan fingerprint density at radius 1 is 0.471 bits per heavy atom. The van der Waals surface area contributed by atoms with Gasteiger partial charge >= 0.3 is 0 Å². The molecule has 0 atom stereocenters. The van der Waals surface area contributed by atoms with Crippen molar-refractivity contribution in [3.63, 3.8) is 0 Å². The third-order valence-electron chi connectivity index (χ3n) is 5.66. The number of rotatable bonds is 21. The van der Waals surface area contributed by atoms with Gasteiger partial charge < -0.3 is 36.4 Å². The molecule has 0 rings (SSSR count). The maximum Gasteiger partial charge on any atom is 0.221 e. The normalized spacial score (nSPS) is 10.9. The molecule has 198 valence electrons. The molecule has 5 N–H and O–H groups in total. The summed E-state index contributed by atoms with van der Waals surface area (Å²) in [5.74, 6) is 0.0466. The lowest BCUT2D eigenvalue weighted by Crippen LogP contribution is -2.36. The highest BCUT2D eigenvalue weighted by atomic mass is 16.2. The lowest BCUT2D eigenvalue weighted by molar-refractivity contribution is -0.122. The average Bonchev–Trinajstić information content (AvgIpc) is 2.86. The van der Waals surface area contributed by atoms with E-state index >= 15 is 0 Å². The van der Waals surface area contributed by atoms with Crippen molar-refractivity contribution in [2.75, 3.05) is 80.5 Å². The van der Waals surface area contributed by atoms with Crippen LogP contribution in [0, 0.1) is 0 Å². The SMILES string of the molecule is CNC(=O)CCNCCN(CCCCCN(CCC(=O)NC)CCC(=O)NC)CCC(=O)NC. The molecule has 34 heavy (non-hydrogen) atoms. The second-order valence-corrected chi connectivity index (χ2v) is 8.19. The maximum atomic E-state index is 11.7. The topological polar surface area (TPSA) is 135 Å². The van der Waals surface area contributed by atoms with Gasteiger partial charge in [-0.3, -0.25) is 19.2 Å². The molecule has 0 saturated carbocycles. The Morgan fingerprint density at radius 2 is 0.853 bits per heavy atom. The number of hydrogen-bond donors (Lipinski definition) is 5. The molecule has 4 amide bonds. The highest BCUT2D eigenvalue weighted by Crippen LogP contribution is 2.04. The molecular weight excluding hydrogens is 438 g/mol. The van der Waals surface area contributed by atoms with Crippen molar-refractivity contribution in [2.45, 2.75) is 44.9 Å². The average molecular weight is 486 g/mol. The minimum absolute atomic E-state index is 0.000587. The minimum atomic E-state index is 0.000587. The summed E-state index contributed by atoms with van der Waals surface area (Å²) in [4.78, 5) is 50.6. The minimum Gasteiger partial charge on any atom is -0.359 e. The number of nitrogens with zero attached hydrogens (tertiary/aromatic N) is 2. The second kappa shape index (κ2) is 21.3. The first-order chi connectivity index (χ1) is 16.4. The Bertz CT molecular complexity index is 570. The Kier molecular flexibility index (Phi) is 19.9. The fraction of sp³-hybridized carbons (Fsp3) is 0.826. The van der Waals surface area contributed by atoms with Crippen LogP contribution in [-0.2, 0) is 19.2 Å². The molecule has 0 aromatic carbocycles. The first-order valence-corrected chi connectivity index (χ1v) is 12.3. The standard InChI is InChI=1S/C23H47N7O4/c1-24-20(31)8-12-28-13-19-30(18-11-23(34)27-4)15-7-5-6-14-29(16-9-21(32)25-2)17-10-22(33)26-3/h28H,5-19H2,1-4H3,(H,24,31)(H,25,32)(H,26,33)(H,27,34). The quantitative estimate of drug-likeness (QED) is 0.130. The van der Waals surface area contributed by atoms with Gasteiger partial charge in [0.2, 0.25) is 23.6 Å². The molecule has 0 aliphatic heterocycles. The van der Waals surface area contributed by atoms with Gasteiger partial charge in [0, 0.05) is 93.1 Å². The van der Waals surface area contributed by atoms with E-state index in [1.165, 1.54) is 0 Å². The van der Waals surface area contributed by atoms with Crippen LogP contribution >= 0.6 is 0 Å². The molecule has 0 aromatic heterocycles. The number of carbonyl (C=O) groups is 4. The molecule has 0 aliphatic carbocycles. The summed E-state index contributed by atoms with van der Waals surface area (Å²) in [6, 6.07) is 0. The van der Waals surface area contributed by atoms with Crippen LogP contribution in [0.4, 0.5) is 0 Å². The smallest absolute Gasteiger partial charge is 0.221 e. The molecule has 0 aromatic rings. The Labute approximate surface area is 205 Å². The first kappa shape index (κ1) is 31.8. The van der Waals surface area contributed by atoms with Crippen LogP contribution in [0.2, 0.25) is 0 Å². The number of unbranched alkanes of at least 4 members (excludes halogenated alkanes) is 2. The third-order valence-corrected chi connectivity index (χ3v) is 5.66. The summed E-state index contributed by atoms with van der Waals surface area (Å²) in [5, 5.41) is 13.8. The number of amides is 4. The molecule has 0 aliphatic rings. The van der Waals surface area contributed by atoms with E-state index in [0.29, 0.717) is 51.9 Å². The van der Waals surface area contributed by atoms with Gasteiger partial charge in [0.1, 0.15) is 0 Å². The van der Waals surface area contributed by atoms with Gasteiger partial charge in [-0.1, -0.05) is 6.42 Å². The molecule has 0 saturated heterocycles. The van der Waals surface area contributed by atoms with Crippen LogP contribution in [0.5, 0.6) is 0 Å². The fourth-order valence-electron chi connectivity index (χ4n) is 3.36. The van der Waals surface area contributed by atoms with Crippen LogP contribution in [0.15, 0.2) is 0 Å². The molecular formula is C23H47N7O4. The van der Waals surface area contributed by atoms with E-state index < -0.39 is 0 Å². The van der Waals surface area contributed by atoms with Gasteiger partial charge in [-0.15, -0.1) is 0 Å². The molecule has 0 fully saturated rings. The van der Waals surface area contributed by atoms with Crippen molar-refractivity contribution in [2.24, 2.45) is 0 Å². The van der Waals surface area contributed by atoms with E-state index in [-0.39, 0.29) is 23.6 Å². The summed E-state index contributed by atoms with van der Waals surface area (Å²) in [7, 11) is 6.54. The van der Waals surface area contributed by atoms with Crippen molar-refractivity contribution < 1.29 is 19.2 Å². The van der Waals surface area contributed by atoms with Gasteiger partial charge in [-0.25, -0.2) is 0 Å². The van der Waals surface area contributed by atoms with E-state index in [0.717, 1.165) is 45.4 Å². The van der Waals surface area contributed by atoms with Crippen LogP contribution < -0.4 is 26.6 Å². The lowest BCUT2D eigenvalue weighted by atomic mass is 10.2. The zero-order chi connectivity index (χ0) is 25.6. The lowest BCUT2D eigenvalue weighted by Gasteiger charge is -2.23. The summed E-state index contributed by atoms with van der Waals surface area (Å²) in [6.07, 6.45) is 4.76. The van der Waals surface area contributed by atoms with Gasteiger partial charge in [0.25, 0.3) is 0 Å². The Hall–Kier alpha value is -2.24. The van der Waals surface area contributed by atoms with E-state index in [1.807, 2.05) is 0 Å². The number of carbonyl (C=O) groups excluding carboxylic acids is 4. The zero-order valence-corrected chi connectivity index (χ0v) is 21.6. The predicted molar refractivity (Wildman–Crippen MR) is 134 cm³/mol. The largest absolute Gasteiger partial charge is 0.359 e. The van der Waals surface area contributed by atoms with Crippen molar-refractivity contribution >= 4 is 23.6 Å². The van der Waals surface area contributed by atoms with Crippen molar-refractivity contribution in [1.29, 1.82) is 0 Å². The van der Waals surface area contributed by atoms with Crippen LogP contribution in [0.25, 0.3) is 0 Å². The molecule has 11 nitrogen and oxygen atoms in total. The number of hydrogen-bond acceptors (Lipinski definition) is 7. The van der Waals surface area contributed by atoms with Crippen LogP contribution in [0.3, 0.4) is 0 Å². The second-order valence-electron chi connectivity index (χ2n) is 8.19. The van der Waals surface area contributed by atoms with E-state index in [9.17, 15) is 19.2 Å². The predicted octanol–water partition coefficient (Wildman–Crippen LogP) is -1.11. The Morgan fingerprint density at radius 3 is 1.26 bits per heavy atom. The molecule has 0 spiro atoms. The summed E-state index contributed by atoms with van der Waals surface area (Å²) >= 11 is 0. The highest BCUT2D eigenvalue weighted by Gasteiger charge is 2.11. The van der Waals surface area contributed by atoms with Crippen molar-refractivity contribution in [3.8, 4) is 0 Å². The van der Waals surface area contributed by atoms with Crippen LogP contribution in [0.1, 0.15) is 44.9 Å². The van der Waals surface area contributed by atoms with E-state index in [2.05, 4.69) is 36.4 Å². The zero-order valence-electron chi connectivity index (χ0n) is 21.6. The van der Waals surface area contributed by atoms with Crippen molar-refractivity contribution in [1.82, 2.24) is 36.4 Å². The summed E-state index contributed by atoms with van der Waals surface area (Å²) in [6.45, 7) is 5.91. The molecule has 0 heterocycles. The molecule has 0 unspecified atom stereocenters. The van der Waals surface area contributed by atoms with Crippen LogP contribution in [-0.4, -0.2) is 114 Å². The Balaban J connectivity index is 4.39. The van der Waals surface area contributed by atoms with Gasteiger partial charge in [0.05, 0.1) is 0 Å². The third kappa shape index (κ3) is 18.2. The summed E-state index contributed by atoms with van der Waals surface area (Å²) < 4.78 is 0. The highest BCUT2D eigenvalue weighted by molar-refractivity contribution is 5.76. The van der Waals surface area contributed by atoms with Gasteiger partial charge in [-0.2, -0.15) is 0 Å². The van der Waals surface area contributed by atoms with Gasteiger partial charge in [-0.05, 0) is 25.9 Å². The molecule has 11 heteroatoms. The molecule has 0 radical (unpaired) electrons. The van der Waals surface area contributed by atoms with Crippen molar-refractivity contribution in [3.05, 3.63) is 0 Å². The number of nitrogens with one attached hydrogen (secondary N) is 5. The fourth-order valence-corrected chi connectivity index (χ4v) is 3.36. The van der Waals surface area contributed by atoms with Gasteiger partial charge in [0.15, 0.2) is 0 Å². The molecule has 0 bridgehead atoms. The first-order valence-electron chi connectivity index (χ1n) is 12.3. The van der Waals surface area contributed by atoms with E-state index in [4.69, 9.17) is 0 Å². The van der Waals surface area contributed by atoms with E-state index in [1.54, 1.807) is 28.2 Å². The monoisotopic (exact) mass is 485 g/mol.